The molecule has 0 bridgehead atoms. The van der Waals surface area contributed by atoms with Gasteiger partial charge in [-0.05, 0) is 24.6 Å². The van der Waals surface area contributed by atoms with E-state index in [2.05, 4.69) is 19.1 Å². The lowest BCUT2D eigenvalue weighted by atomic mass is 10.1. The lowest BCUT2D eigenvalue weighted by Crippen LogP contribution is -2.09. The molecule has 0 atom stereocenters. The zero-order valence-corrected chi connectivity index (χ0v) is 11.0. The average Bonchev–Trinajstić information content (AvgIpc) is 2.37. The molecule has 0 amide bonds. The van der Waals surface area contributed by atoms with Gasteiger partial charge in [0.25, 0.3) is 0 Å². The van der Waals surface area contributed by atoms with Crippen molar-refractivity contribution in [2.24, 2.45) is 5.73 Å². The van der Waals surface area contributed by atoms with Crippen molar-refractivity contribution in [3.05, 3.63) is 65.2 Å². The van der Waals surface area contributed by atoms with Gasteiger partial charge in [-0.1, -0.05) is 54.2 Å². The van der Waals surface area contributed by atoms with E-state index >= 15 is 0 Å². The largest absolute Gasteiger partial charge is 0.489 e. The summed E-state index contributed by atoms with van der Waals surface area (Å²) in [7, 11) is 0. The predicted molar refractivity (Wildman–Crippen MR) is 77.8 cm³/mol. The summed E-state index contributed by atoms with van der Waals surface area (Å²) in [4.78, 5) is 0.385. The van der Waals surface area contributed by atoms with Crippen LogP contribution in [0.1, 0.15) is 16.7 Å². The highest BCUT2D eigenvalue weighted by atomic mass is 32.1. The Hall–Kier alpha value is -1.87. The molecule has 0 aliphatic carbocycles. The SMILES string of the molecule is Cc1cccc(COc2cccc(C(N)=S)c2)c1. The monoisotopic (exact) mass is 257 g/mol. The van der Waals surface area contributed by atoms with E-state index in [9.17, 15) is 0 Å². The number of ether oxygens (including phenoxy) is 1. The van der Waals surface area contributed by atoms with Crippen molar-refractivity contribution in [1.82, 2.24) is 0 Å². The van der Waals surface area contributed by atoms with Crippen LogP contribution >= 0.6 is 12.2 Å². The smallest absolute Gasteiger partial charge is 0.120 e. The second-order valence-electron chi connectivity index (χ2n) is 4.17. The third-order valence-corrected chi connectivity index (χ3v) is 2.84. The van der Waals surface area contributed by atoms with Crippen molar-refractivity contribution in [1.29, 1.82) is 0 Å². The minimum Gasteiger partial charge on any atom is -0.489 e. The number of thiocarbonyl (C=S) groups is 1. The maximum Gasteiger partial charge on any atom is 0.120 e. The van der Waals surface area contributed by atoms with Crippen molar-refractivity contribution >= 4 is 17.2 Å². The van der Waals surface area contributed by atoms with Gasteiger partial charge in [0.2, 0.25) is 0 Å². The first-order chi connectivity index (χ1) is 8.65. The van der Waals surface area contributed by atoms with Gasteiger partial charge in [-0.3, -0.25) is 0 Å². The van der Waals surface area contributed by atoms with Gasteiger partial charge in [0.15, 0.2) is 0 Å². The normalized spacial score (nSPS) is 10.1. The first-order valence-electron chi connectivity index (χ1n) is 5.73. The molecule has 0 radical (unpaired) electrons. The van der Waals surface area contributed by atoms with E-state index in [0.29, 0.717) is 11.6 Å². The molecule has 0 aliphatic rings. The summed E-state index contributed by atoms with van der Waals surface area (Å²) >= 11 is 4.94. The predicted octanol–water partition coefficient (Wildman–Crippen LogP) is 3.21. The summed E-state index contributed by atoms with van der Waals surface area (Å²) in [5, 5.41) is 0. The van der Waals surface area contributed by atoms with Gasteiger partial charge in [-0.25, -0.2) is 0 Å². The molecule has 0 heterocycles. The molecule has 2 aromatic carbocycles. The van der Waals surface area contributed by atoms with Crippen LogP contribution in [0.2, 0.25) is 0 Å². The Balaban J connectivity index is 2.06. The van der Waals surface area contributed by atoms with Crippen LogP contribution in [-0.4, -0.2) is 4.99 Å². The van der Waals surface area contributed by atoms with Crippen molar-refractivity contribution in [2.75, 3.05) is 0 Å². The second kappa shape index (κ2) is 5.65. The van der Waals surface area contributed by atoms with Crippen LogP contribution in [0.4, 0.5) is 0 Å². The Bertz CT molecular complexity index is 566. The quantitative estimate of drug-likeness (QED) is 0.854. The van der Waals surface area contributed by atoms with E-state index < -0.39 is 0 Å². The number of nitrogens with two attached hydrogens (primary N) is 1. The van der Waals surface area contributed by atoms with Gasteiger partial charge >= 0.3 is 0 Å². The van der Waals surface area contributed by atoms with Gasteiger partial charge in [0.1, 0.15) is 17.3 Å². The zero-order valence-electron chi connectivity index (χ0n) is 10.2. The van der Waals surface area contributed by atoms with Crippen LogP contribution in [0, 0.1) is 6.92 Å². The van der Waals surface area contributed by atoms with Gasteiger partial charge in [-0.2, -0.15) is 0 Å². The fraction of sp³-hybridized carbons (Fsp3) is 0.133. The summed E-state index contributed by atoms with van der Waals surface area (Å²) in [6, 6.07) is 15.8. The Labute approximate surface area is 112 Å². The summed E-state index contributed by atoms with van der Waals surface area (Å²) in [5.41, 5.74) is 8.79. The molecule has 0 aromatic heterocycles. The molecule has 0 spiro atoms. The molecule has 18 heavy (non-hydrogen) atoms. The molecule has 0 unspecified atom stereocenters. The van der Waals surface area contributed by atoms with Gasteiger partial charge in [0.05, 0.1) is 0 Å². The highest BCUT2D eigenvalue weighted by Crippen LogP contribution is 2.15. The standard InChI is InChI=1S/C15H15NOS/c1-11-4-2-5-12(8-11)10-17-14-7-3-6-13(9-14)15(16)18/h2-9H,10H2,1H3,(H2,16,18). The highest BCUT2D eigenvalue weighted by Gasteiger charge is 2.00. The molecule has 92 valence electrons. The number of hydrogen-bond acceptors (Lipinski definition) is 2. The molecule has 0 fully saturated rings. The van der Waals surface area contributed by atoms with Gasteiger partial charge < -0.3 is 10.5 Å². The van der Waals surface area contributed by atoms with Crippen molar-refractivity contribution in [3.63, 3.8) is 0 Å². The van der Waals surface area contributed by atoms with Crippen LogP contribution in [0.25, 0.3) is 0 Å². The lowest BCUT2D eigenvalue weighted by Gasteiger charge is -2.08. The Morgan fingerprint density at radius 3 is 2.67 bits per heavy atom. The maximum atomic E-state index is 5.72. The van der Waals surface area contributed by atoms with E-state index in [4.69, 9.17) is 22.7 Å². The first kappa shape index (κ1) is 12.6. The minimum absolute atomic E-state index is 0.385. The summed E-state index contributed by atoms with van der Waals surface area (Å²) in [6.07, 6.45) is 0. The third-order valence-electron chi connectivity index (χ3n) is 2.61. The summed E-state index contributed by atoms with van der Waals surface area (Å²) < 4.78 is 5.72. The molecule has 0 saturated heterocycles. The minimum atomic E-state index is 0.385. The van der Waals surface area contributed by atoms with E-state index in [1.807, 2.05) is 36.4 Å². The van der Waals surface area contributed by atoms with E-state index in [1.54, 1.807) is 0 Å². The van der Waals surface area contributed by atoms with E-state index in [-0.39, 0.29) is 0 Å². The number of rotatable bonds is 4. The summed E-state index contributed by atoms with van der Waals surface area (Å²) in [6.45, 7) is 2.61. The van der Waals surface area contributed by atoms with Crippen molar-refractivity contribution in [2.45, 2.75) is 13.5 Å². The Kier molecular flexibility index (Phi) is 3.95. The van der Waals surface area contributed by atoms with Crippen molar-refractivity contribution < 1.29 is 4.74 Å². The van der Waals surface area contributed by atoms with Crippen LogP contribution in [0.3, 0.4) is 0 Å². The fourth-order valence-corrected chi connectivity index (χ4v) is 1.83. The number of benzene rings is 2. The van der Waals surface area contributed by atoms with E-state index in [1.165, 1.54) is 5.56 Å². The van der Waals surface area contributed by atoms with Gasteiger partial charge in [-0.15, -0.1) is 0 Å². The fourth-order valence-electron chi connectivity index (χ4n) is 1.71. The molecule has 2 aromatic rings. The molecule has 3 heteroatoms. The number of aryl methyl sites for hydroxylation is 1. The van der Waals surface area contributed by atoms with Gasteiger partial charge in [0, 0.05) is 5.56 Å². The molecule has 0 saturated carbocycles. The lowest BCUT2D eigenvalue weighted by molar-refractivity contribution is 0.306. The Morgan fingerprint density at radius 2 is 1.94 bits per heavy atom. The molecule has 2 rings (SSSR count). The maximum absolute atomic E-state index is 5.72. The second-order valence-corrected chi connectivity index (χ2v) is 4.61. The van der Waals surface area contributed by atoms with Crippen molar-refractivity contribution in [3.8, 4) is 5.75 Å². The topological polar surface area (TPSA) is 35.2 Å². The Morgan fingerprint density at radius 1 is 1.17 bits per heavy atom. The molecular weight excluding hydrogens is 242 g/mol. The average molecular weight is 257 g/mol. The van der Waals surface area contributed by atoms with Crippen LogP contribution in [0.5, 0.6) is 5.75 Å². The van der Waals surface area contributed by atoms with E-state index in [0.717, 1.165) is 16.9 Å². The molecule has 2 N–H and O–H groups in total. The molecule has 2 nitrogen and oxygen atoms in total. The van der Waals surface area contributed by atoms with Crippen LogP contribution in [-0.2, 0) is 6.61 Å². The first-order valence-corrected chi connectivity index (χ1v) is 6.14. The highest BCUT2D eigenvalue weighted by molar-refractivity contribution is 7.80. The molecular formula is C15H15NOS. The van der Waals surface area contributed by atoms with Crippen LogP contribution in [0.15, 0.2) is 48.5 Å². The van der Waals surface area contributed by atoms with Crippen LogP contribution < -0.4 is 10.5 Å². The number of hydrogen-bond donors (Lipinski definition) is 1. The molecule has 0 aliphatic heterocycles. The zero-order chi connectivity index (χ0) is 13.0. The third kappa shape index (κ3) is 3.31. The summed E-state index contributed by atoms with van der Waals surface area (Å²) in [5.74, 6) is 0.779.